The summed E-state index contributed by atoms with van der Waals surface area (Å²) in [5.74, 6) is 4.57. The highest BCUT2D eigenvalue weighted by Crippen LogP contribution is 2.13. The molecule has 1 aromatic heterocycles. The lowest BCUT2D eigenvalue weighted by atomic mass is 10.3. The van der Waals surface area contributed by atoms with Gasteiger partial charge in [-0.05, 0) is 12.1 Å². The average molecular weight is 208 g/mol. The highest BCUT2D eigenvalue weighted by molar-refractivity contribution is 5.33. The molecule has 0 aliphatic carbocycles. The highest BCUT2D eigenvalue weighted by atomic mass is 19.1. The van der Waals surface area contributed by atoms with Crippen molar-refractivity contribution >= 4 is 0 Å². The van der Waals surface area contributed by atoms with Crippen LogP contribution in [0.1, 0.15) is 5.69 Å². The van der Waals surface area contributed by atoms with Crippen LogP contribution in [0.2, 0.25) is 0 Å². The summed E-state index contributed by atoms with van der Waals surface area (Å²) in [6.45, 7) is 0.126. The molecule has 0 fully saturated rings. The van der Waals surface area contributed by atoms with Crippen molar-refractivity contribution in [3.8, 4) is 5.69 Å². The van der Waals surface area contributed by atoms with Gasteiger partial charge in [-0.1, -0.05) is 17.3 Å². The monoisotopic (exact) mass is 208 g/mol. The van der Waals surface area contributed by atoms with Crippen molar-refractivity contribution in [2.75, 3.05) is 0 Å². The fraction of sp³-hybridized carbons (Fsp3) is 0.111. The van der Waals surface area contributed by atoms with Crippen molar-refractivity contribution in [2.24, 2.45) is 5.90 Å². The van der Waals surface area contributed by atoms with Crippen LogP contribution < -0.4 is 5.90 Å². The average Bonchev–Trinajstić information content (AvgIpc) is 2.67. The van der Waals surface area contributed by atoms with E-state index in [1.807, 2.05) is 0 Å². The number of hydrogen-bond donors (Lipinski definition) is 1. The molecule has 0 aliphatic heterocycles. The van der Waals surface area contributed by atoms with Gasteiger partial charge in [0, 0.05) is 0 Å². The van der Waals surface area contributed by atoms with E-state index in [1.54, 1.807) is 18.2 Å². The number of nitrogens with two attached hydrogens (primary N) is 1. The van der Waals surface area contributed by atoms with E-state index in [1.165, 1.54) is 16.9 Å². The zero-order chi connectivity index (χ0) is 10.7. The molecule has 0 spiro atoms. The van der Waals surface area contributed by atoms with Gasteiger partial charge in [0.05, 0.1) is 11.9 Å². The first-order valence-corrected chi connectivity index (χ1v) is 4.29. The van der Waals surface area contributed by atoms with Crippen LogP contribution >= 0.6 is 0 Å². The van der Waals surface area contributed by atoms with Crippen LogP contribution in [0.3, 0.4) is 0 Å². The van der Waals surface area contributed by atoms with Gasteiger partial charge in [0.1, 0.15) is 18.1 Å². The minimum atomic E-state index is -0.374. The quantitative estimate of drug-likeness (QED) is 0.757. The van der Waals surface area contributed by atoms with Crippen molar-refractivity contribution in [1.82, 2.24) is 15.0 Å². The van der Waals surface area contributed by atoms with E-state index in [-0.39, 0.29) is 12.4 Å². The molecule has 2 rings (SSSR count). The molecule has 6 heteroatoms. The maximum Gasteiger partial charge on any atom is 0.148 e. The lowest BCUT2D eigenvalue weighted by Crippen LogP contribution is -2.08. The molecule has 2 aromatic rings. The smallest absolute Gasteiger partial charge is 0.148 e. The summed E-state index contributed by atoms with van der Waals surface area (Å²) in [4.78, 5) is 4.46. The molecule has 0 saturated heterocycles. The normalized spacial score (nSPS) is 10.5. The van der Waals surface area contributed by atoms with Gasteiger partial charge < -0.3 is 0 Å². The molecule has 2 N–H and O–H groups in total. The van der Waals surface area contributed by atoms with Crippen molar-refractivity contribution in [3.05, 3.63) is 42.0 Å². The third kappa shape index (κ3) is 1.85. The SMILES string of the molecule is NOCc1cnnn1-c1ccccc1F. The van der Waals surface area contributed by atoms with E-state index in [4.69, 9.17) is 5.90 Å². The summed E-state index contributed by atoms with van der Waals surface area (Å²) in [5.41, 5.74) is 0.907. The molecule has 78 valence electrons. The molecule has 0 amide bonds. The number of rotatable bonds is 3. The van der Waals surface area contributed by atoms with E-state index in [0.29, 0.717) is 11.4 Å². The molecule has 15 heavy (non-hydrogen) atoms. The van der Waals surface area contributed by atoms with Gasteiger partial charge in [0.2, 0.25) is 0 Å². The van der Waals surface area contributed by atoms with Crippen LogP contribution in [-0.2, 0) is 11.4 Å². The van der Waals surface area contributed by atoms with Gasteiger partial charge in [0.15, 0.2) is 0 Å². The molecule has 5 nitrogen and oxygen atoms in total. The molecule has 0 aliphatic rings. The second-order valence-electron chi connectivity index (χ2n) is 2.90. The molecular formula is C9H9FN4O. The van der Waals surface area contributed by atoms with Crippen LogP contribution in [0, 0.1) is 5.82 Å². The summed E-state index contributed by atoms with van der Waals surface area (Å²) in [5, 5.41) is 7.43. The standard InChI is InChI=1S/C9H9FN4O/c10-8-3-1-2-4-9(8)14-7(6-15-11)5-12-13-14/h1-5H,6,11H2. The first kappa shape index (κ1) is 9.75. The molecule has 0 saturated carbocycles. The fourth-order valence-electron chi connectivity index (χ4n) is 1.27. The topological polar surface area (TPSA) is 66.0 Å². The number of nitrogens with zero attached hydrogens (tertiary/aromatic N) is 3. The number of aromatic nitrogens is 3. The Morgan fingerprint density at radius 1 is 1.40 bits per heavy atom. The summed E-state index contributed by atoms with van der Waals surface area (Å²) < 4.78 is 14.8. The summed E-state index contributed by atoms with van der Waals surface area (Å²) >= 11 is 0. The molecule has 1 aromatic carbocycles. The first-order valence-electron chi connectivity index (χ1n) is 4.29. The van der Waals surface area contributed by atoms with E-state index >= 15 is 0 Å². The van der Waals surface area contributed by atoms with E-state index in [2.05, 4.69) is 15.1 Å². The Morgan fingerprint density at radius 3 is 2.93 bits per heavy atom. The predicted molar refractivity (Wildman–Crippen MR) is 50.3 cm³/mol. The van der Waals surface area contributed by atoms with Crippen LogP contribution in [0.15, 0.2) is 30.5 Å². The molecule has 0 unspecified atom stereocenters. The van der Waals surface area contributed by atoms with E-state index in [0.717, 1.165) is 0 Å². The molecular weight excluding hydrogens is 199 g/mol. The Balaban J connectivity index is 2.45. The van der Waals surface area contributed by atoms with E-state index in [9.17, 15) is 4.39 Å². The Labute approximate surface area is 85.2 Å². The third-order valence-corrected chi connectivity index (χ3v) is 1.93. The highest BCUT2D eigenvalue weighted by Gasteiger charge is 2.09. The first-order chi connectivity index (χ1) is 7.33. The van der Waals surface area contributed by atoms with Crippen LogP contribution in [0.4, 0.5) is 4.39 Å². The van der Waals surface area contributed by atoms with Gasteiger partial charge >= 0.3 is 0 Å². The summed E-state index contributed by atoms with van der Waals surface area (Å²) in [6.07, 6.45) is 1.47. The molecule has 0 radical (unpaired) electrons. The summed E-state index contributed by atoms with van der Waals surface area (Å²) in [6, 6.07) is 6.27. The van der Waals surface area contributed by atoms with Gasteiger partial charge in [-0.25, -0.2) is 15.0 Å². The molecule has 1 heterocycles. The van der Waals surface area contributed by atoms with Crippen molar-refractivity contribution < 1.29 is 9.23 Å². The fourth-order valence-corrected chi connectivity index (χ4v) is 1.27. The number of benzene rings is 1. The van der Waals surface area contributed by atoms with Gasteiger partial charge in [-0.15, -0.1) is 5.10 Å². The van der Waals surface area contributed by atoms with Crippen molar-refractivity contribution in [2.45, 2.75) is 6.61 Å². The Morgan fingerprint density at radius 2 is 2.20 bits per heavy atom. The van der Waals surface area contributed by atoms with Gasteiger partial charge in [-0.2, -0.15) is 0 Å². The molecule has 0 bridgehead atoms. The zero-order valence-electron chi connectivity index (χ0n) is 7.80. The number of halogens is 1. The van der Waals surface area contributed by atoms with Gasteiger partial charge in [-0.3, -0.25) is 4.84 Å². The maximum absolute atomic E-state index is 13.4. The zero-order valence-corrected chi connectivity index (χ0v) is 7.80. The van der Waals surface area contributed by atoms with Crippen molar-refractivity contribution in [1.29, 1.82) is 0 Å². The lowest BCUT2D eigenvalue weighted by Gasteiger charge is -2.05. The largest absolute Gasteiger partial charge is 0.298 e. The van der Waals surface area contributed by atoms with Crippen LogP contribution in [0.25, 0.3) is 5.69 Å². The third-order valence-electron chi connectivity index (χ3n) is 1.93. The Bertz CT molecular complexity index is 457. The van der Waals surface area contributed by atoms with Crippen LogP contribution in [-0.4, -0.2) is 15.0 Å². The number of para-hydroxylation sites is 1. The number of hydrogen-bond acceptors (Lipinski definition) is 4. The minimum absolute atomic E-state index is 0.126. The maximum atomic E-state index is 13.4. The second-order valence-corrected chi connectivity index (χ2v) is 2.90. The minimum Gasteiger partial charge on any atom is -0.298 e. The van der Waals surface area contributed by atoms with Gasteiger partial charge in [0.25, 0.3) is 0 Å². The summed E-state index contributed by atoms with van der Waals surface area (Å²) in [7, 11) is 0. The van der Waals surface area contributed by atoms with Crippen LogP contribution in [0.5, 0.6) is 0 Å². The second kappa shape index (κ2) is 4.16. The lowest BCUT2D eigenvalue weighted by molar-refractivity contribution is 0.119. The Kier molecular flexibility index (Phi) is 2.70. The van der Waals surface area contributed by atoms with E-state index < -0.39 is 0 Å². The van der Waals surface area contributed by atoms with Crippen molar-refractivity contribution in [3.63, 3.8) is 0 Å². The predicted octanol–water partition coefficient (Wildman–Crippen LogP) is 0.797. The molecule has 0 atom stereocenters. The Hall–Kier alpha value is -1.79.